The van der Waals surface area contributed by atoms with Crippen molar-refractivity contribution in [3.05, 3.63) is 34.9 Å². The quantitative estimate of drug-likeness (QED) is 0.601. The zero-order valence-electron chi connectivity index (χ0n) is 17.9. The molecule has 30 heavy (non-hydrogen) atoms. The number of carbonyl (C=O) groups is 3. The first-order valence-electron chi connectivity index (χ1n) is 10.4. The minimum atomic E-state index is -0.623. The number of likely N-dealkylation sites (tertiary alicyclic amines) is 1. The lowest BCUT2D eigenvalue weighted by Crippen LogP contribution is -2.53. The summed E-state index contributed by atoms with van der Waals surface area (Å²) in [7, 11) is 0. The van der Waals surface area contributed by atoms with Crippen LogP contribution in [0.4, 0.5) is 0 Å². The number of nitrogens with one attached hydrogen (secondary N) is 2. The Morgan fingerprint density at radius 3 is 2.47 bits per heavy atom. The molecular formula is C22H32ClN3O3S. The van der Waals surface area contributed by atoms with Crippen LogP contribution < -0.4 is 10.6 Å². The number of hydrogen-bond acceptors (Lipinski definition) is 4. The van der Waals surface area contributed by atoms with Gasteiger partial charge in [-0.1, -0.05) is 37.6 Å². The Kier molecular flexibility index (Phi) is 9.98. The summed E-state index contributed by atoms with van der Waals surface area (Å²) in [5.41, 5.74) is 0.359. The van der Waals surface area contributed by atoms with Gasteiger partial charge < -0.3 is 15.5 Å². The van der Waals surface area contributed by atoms with Gasteiger partial charge in [0.25, 0.3) is 5.91 Å². The molecule has 1 aliphatic rings. The molecule has 1 atom stereocenters. The summed E-state index contributed by atoms with van der Waals surface area (Å²) in [6, 6.07) is 6.19. The average molecular weight is 454 g/mol. The van der Waals surface area contributed by atoms with Gasteiger partial charge in [-0.25, -0.2) is 0 Å². The molecule has 1 aromatic rings. The maximum Gasteiger partial charge on any atom is 0.253 e. The monoisotopic (exact) mass is 453 g/mol. The van der Waals surface area contributed by atoms with Crippen molar-refractivity contribution < 1.29 is 14.4 Å². The van der Waals surface area contributed by atoms with E-state index in [1.54, 1.807) is 36.0 Å². The second-order valence-corrected chi connectivity index (χ2v) is 9.44. The number of benzene rings is 1. The molecule has 0 spiro atoms. The van der Waals surface area contributed by atoms with Crippen molar-refractivity contribution in [2.75, 3.05) is 25.1 Å². The van der Waals surface area contributed by atoms with E-state index in [-0.39, 0.29) is 23.8 Å². The number of carbonyl (C=O) groups excluding carboxylic acids is 3. The molecule has 166 valence electrons. The van der Waals surface area contributed by atoms with E-state index in [0.29, 0.717) is 42.4 Å². The predicted octanol–water partition coefficient (Wildman–Crippen LogP) is 3.34. The Balaban J connectivity index is 1.92. The van der Waals surface area contributed by atoms with Crippen molar-refractivity contribution in [2.45, 2.75) is 51.6 Å². The van der Waals surface area contributed by atoms with Crippen LogP contribution in [-0.4, -0.2) is 59.8 Å². The molecule has 1 saturated heterocycles. The van der Waals surface area contributed by atoms with Crippen LogP contribution in [0, 0.1) is 5.92 Å². The number of rotatable bonds is 9. The Morgan fingerprint density at radius 2 is 1.87 bits per heavy atom. The highest BCUT2D eigenvalue weighted by atomic mass is 35.5. The first kappa shape index (κ1) is 24.5. The first-order chi connectivity index (χ1) is 14.3. The molecule has 0 aliphatic carbocycles. The van der Waals surface area contributed by atoms with Crippen LogP contribution in [0.15, 0.2) is 24.3 Å². The van der Waals surface area contributed by atoms with Crippen molar-refractivity contribution in [1.82, 2.24) is 15.5 Å². The Morgan fingerprint density at radius 1 is 1.20 bits per heavy atom. The average Bonchev–Trinajstić information content (AvgIpc) is 2.71. The molecule has 0 aromatic heterocycles. The van der Waals surface area contributed by atoms with Crippen LogP contribution in [0.5, 0.6) is 0 Å². The van der Waals surface area contributed by atoms with E-state index in [9.17, 15) is 14.4 Å². The first-order valence-corrected chi connectivity index (χ1v) is 12.2. The van der Waals surface area contributed by atoms with Crippen molar-refractivity contribution in [1.29, 1.82) is 0 Å². The van der Waals surface area contributed by atoms with Gasteiger partial charge >= 0.3 is 0 Å². The van der Waals surface area contributed by atoms with Gasteiger partial charge in [0.2, 0.25) is 11.8 Å². The van der Waals surface area contributed by atoms with E-state index in [2.05, 4.69) is 10.6 Å². The fourth-order valence-corrected chi connectivity index (χ4v) is 4.13. The van der Waals surface area contributed by atoms with Crippen molar-refractivity contribution in [3.63, 3.8) is 0 Å². The fourth-order valence-electron chi connectivity index (χ4n) is 3.44. The third kappa shape index (κ3) is 7.51. The third-order valence-corrected chi connectivity index (χ3v) is 6.10. The Labute approximate surface area is 188 Å². The van der Waals surface area contributed by atoms with E-state index in [4.69, 9.17) is 11.6 Å². The van der Waals surface area contributed by atoms with Crippen molar-refractivity contribution in [2.24, 2.45) is 5.92 Å². The summed E-state index contributed by atoms with van der Waals surface area (Å²) in [5, 5.41) is 6.26. The molecule has 0 saturated carbocycles. The molecule has 2 rings (SSSR count). The second-order valence-electron chi connectivity index (χ2n) is 8.05. The zero-order chi connectivity index (χ0) is 22.1. The van der Waals surface area contributed by atoms with E-state index >= 15 is 0 Å². The lowest BCUT2D eigenvalue weighted by atomic mass is 10.0. The topological polar surface area (TPSA) is 78.5 Å². The molecule has 1 aromatic carbocycles. The summed E-state index contributed by atoms with van der Waals surface area (Å²) in [5.74, 6) is 0.740. The number of nitrogens with zero attached hydrogens (tertiary/aromatic N) is 1. The molecule has 0 radical (unpaired) electrons. The van der Waals surface area contributed by atoms with Crippen LogP contribution in [0.25, 0.3) is 0 Å². The molecule has 1 unspecified atom stereocenters. The molecule has 8 heteroatoms. The zero-order valence-corrected chi connectivity index (χ0v) is 19.5. The van der Waals surface area contributed by atoms with Gasteiger partial charge in [-0.3, -0.25) is 14.4 Å². The van der Waals surface area contributed by atoms with Gasteiger partial charge in [0.1, 0.15) is 6.04 Å². The summed E-state index contributed by atoms with van der Waals surface area (Å²) in [6.45, 7) is 5.38. The summed E-state index contributed by atoms with van der Waals surface area (Å²) in [4.78, 5) is 39.6. The summed E-state index contributed by atoms with van der Waals surface area (Å²) in [6.07, 6.45) is 4.51. The highest BCUT2D eigenvalue weighted by molar-refractivity contribution is 7.98. The molecule has 1 fully saturated rings. The Hall–Kier alpha value is -1.73. The summed E-state index contributed by atoms with van der Waals surface area (Å²) < 4.78 is 0. The van der Waals surface area contributed by atoms with Crippen molar-refractivity contribution in [3.8, 4) is 0 Å². The molecule has 1 aliphatic heterocycles. The van der Waals surface area contributed by atoms with Crippen LogP contribution in [-0.2, 0) is 9.59 Å². The van der Waals surface area contributed by atoms with Gasteiger partial charge in [-0.05, 0) is 49.3 Å². The standard InChI is InChI=1S/C22H32ClN3O3S/c1-15(2)14-20(27)26-11-8-16(9-12-26)24-22(29)19(10-13-30-3)25-21(28)17-6-4-5-7-18(17)23/h4-7,15-16,19H,8-14H2,1-3H3,(H,24,29)(H,25,28). The van der Waals surface area contributed by atoms with E-state index in [1.807, 2.05) is 25.0 Å². The number of thioether (sulfide) groups is 1. The molecule has 2 N–H and O–H groups in total. The predicted molar refractivity (Wildman–Crippen MR) is 123 cm³/mol. The highest BCUT2D eigenvalue weighted by Gasteiger charge is 2.27. The molecular weight excluding hydrogens is 422 g/mol. The van der Waals surface area contributed by atoms with Gasteiger partial charge in [-0.2, -0.15) is 11.8 Å². The fraction of sp³-hybridized carbons (Fsp3) is 0.591. The van der Waals surface area contributed by atoms with Gasteiger partial charge in [0, 0.05) is 25.6 Å². The van der Waals surface area contributed by atoms with E-state index < -0.39 is 6.04 Å². The van der Waals surface area contributed by atoms with Crippen LogP contribution in [0.2, 0.25) is 5.02 Å². The normalized spacial score (nSPS) is 15.7. The van der Waals surface area contributed by atoms with Gasteiger partial charge in [0.05, 0.1) is 10.6 Å². The smallest absolute Gasteiger partial charge is 0.253 e. The molecule has 0 bridgehead atoms. The number of piperidine rings is 1. The maximum absolute atomic E-state index is 12.9. The van der Waals surface area contributed by atoms with Crippen LogP contribution in [0.3, 0.4) is 0 Å². The van der Waals surface area contributed by atoms with E-state index in [0.717, 1.165) is 18.6 Å². The Bertz CT molecular complexity index is 736. The SMILES string of the molecule is CSCCC(NC(=O)c1ccccc1Cl)C(=O)NC1CCN(C(=O)CC(C)C)CC1. The second kappa shape index (κ2) is 12.2. The largest absolute Gasteiger partial charge is 0.351 e. The van der Waals surface area contributed by atoms with Crippen molar-refractivity contribution >= 4 is 41.1 Å². The van der Waals surface area contributed by atoms with E-state index in [1.165, 1.54) is 0 Å². The minimum absolute atomic E-state index is 0.00888. The highest BCUT2D eigenvalue weighted by Crippen LogP contribution is 2.16. The van der Waals surface area contributed by atoms with Crippen LogP contribution in [0.1, 0.15) is 49.9 Å². The lowest BCUT2D eigenvalue weighted by Gasteiger charge is -2.33. The van der Waals surface area contributed by atoms with Crippen LogP contribution >= 0.6 is 23.4 Å². The number of halogens is 1. The molecule has 3 amide bonds. The third-order valence-electron chi connectivity index (χ3n) is 5.13. The maximum atomic E-state index is 12.9. The molecule has 6 nitrogen and oxygen atoms in total. The number of amides is 3. The van der Waals surface area contributed by atoms with Gasteiger partial charge in [-0.15, -0.1) is 0 Å². The summed E-state index contributed by atoms with van der Waals surface area (Å²) >= 11 is 7.74. The number of hydrogen-bond donors (Lipinski definition) is 2. The minimum Gasteiger partial charge on any atom is -0.351 e. The van der Waals surface area contributed by atoms with Gasteiger partial charge in [0.15, 0.2) is 0 Å². The lowest BCUT2D eigenvalue weighted by molar-refractivity contribution is -0.133. The molecule has 1 heterocycles.